The standard InChI is InChI=1S/C18H29FN2/c1-12-9-14(3)15(4)21(11-12)8-7-18(20)16-6-5-13(2)17(19)10-16/h5-6,10,12,14-15,18H,7-9,11,20H2,1-4H3. The second-order valence-electron chi connectivity index (χ2n) is 6.96. The average molecular weight is 292 g/mol. The molecule has 1 fully saturated rings. The SMILES string of the molecule is Cc1ccc(C(N)CCN2CC(C)CC(C)C2C)cc1F. The summed E-state index contributed by atoms with van der Waals surface area (Å²) >= 11 is 0. The van der Waals surface area contributed by atoms with Gasteiger partial charge < -0.3 is 10.6 Å². The minimum absolute atomic E-state index is 0.0835. The quantitative estimate of drug-likeness (QED) is 0.912. The molecule has 1 saturated heterocycles. The molecule has 4 atom stereocenters. The third-order valence-corrected chi connectivity index (χ3v) is 5.07. The lowest BCUT2D eigenvalue weighted by molar-refractivity contribution is 0.0769. The molecule has 1 aromatic rings. The highest BCUT2D eigenvalue weighted by Crippen LogP contribution is 2.28. The minimum atomic E-state index is -0.156. The van der Waals surface area contributed by atoms with Gasteiger partial charge in [-0.3, -0.25) is 0 Å². The Bertz CT molecular complexity index is 474. The lowest BCUT2D eigenvalue weighted by Crippen LogP contribution is -2.46. The normalized spacial score (nSPS) is 28.6. The van der Waals surface area contributed by atoms with Crippen LogP contribution in [0.25, 0.3) is 0 Å². The second-order valence-corrected chi connectivity index (χ2v) is 6.96. The molecule has 2 rings (SSSR count). The Kier molecular flexibility index (Phi) is 5.39. The molecule has 2 nitrogen and oxygen atoms in total. The zero-order chi connectivity index (χ0) is 15.6. The number of piperidine rings is 1. The van der Waals surface area contributed by atoms with Gasteiger partial charge >= 0.3 is 0 Å². The summed E-state index contributed by atoms with van der Waals surface area (Å²) in [6.07, 6.45) is 2.19. The molecular formula is C18H29FN2. The van der Waals surface area contributed by atoms with Crippen LogP contribution in [0, 0.1) is 24.6 Å². The van der Waals surface area contributed by atoms with E-state index in [4.69, 9.17) is 5.73 Å². The first-order valence-electron chi connectivity index (χ1n) is 8.14. The monoisotopic (exact) mass is 292 g/mol. The van der Waals surface area contributed by atoms with Crippen LogP contribution in [0.2, 0.25) is 0 Å². The van der Waals surface area contributed by atoms with Crippen LogP contribution >= 0.6 is 0 Å². The molecule has 0 aliphatic carbocycles. The van der Waals surface area contributed by atoms with Gasteiger partial charge in [0.15, 0.2) is 0 Å². The molecule has 0 saturated carbocycles. The molecule has 0 radical (unpaired) electrons. The van der Waals surface area contributed by atoms with Crippen molar-refractivity contribution in [2.75, 3.05) is 13.1 Å². The maximum atomic E-state index is 13.6. The van der Waals surface area contributed by atoms with Gasteiger partial charge in [-0.2, -0.15) is 0 Å². The molecule has 2 N–H and O–H groups in total. The van der Waals surface area contributed by atoms with Gasteiger partial charge in [0.1, 0.15) is 5.82 Å². The minimum Gasteiger partial charge on any atom is -0.324 e. The van der Waals surface area contributed by atoms with E-state index in [0.29, 0.717) is 11.6 Å². The molecule has 21 heavy (non-hydrogen) atoms. The van der Waals surface area contributed by atoms with Crippen molar-refractivity contribution in [3.8, 4) is 0 Å². The first-order valence-corrected chi connectivity index (χ1v) is 8.14. The topological polar surface area (TPSA) is 29.3 Å². The van der Waals surface area contributed by atoms with Crippen LogP contribution in [-0.2, 0) is 0 Å². The number of rotatable bonds is 4. The van der Waals surface area contributed by atoms with Gasteiger partial charge in [-0.1, -0.05) is 26.0 Å². The Hall–Kier alpha value is -0.930. The largest absolute Gasteiger partial charge is 0.324 e. The summed E-state index contributed by atoms with van der Waals surface area (Å²) in [5.74, 6) is 1.34. The molecule has 4 unspecified atom stereocenters. The van der Waals surface area contributed by atoms with Crippen LogP contribution in [0.15, 0.2) is 18.2 Å². The smallest absolute Gasteiger partial charge is 0.126 e. The summed E-state index contributed by atoms with van der Waals surface area (Å²) in [6, 6.07) is 5.89. The number of nitrogens with zero attached hydrogens (tertiary/aromatic N) is 1. The fourth-order valence-electron chi connectivity index (χ4n) is 3.44. The second kappa shape index (κ2) is 6.89. The van der Waals surface area contributed by atoms with E-state index < -0.39 is 0 Å². The predicted octanol–water partition coefficient (Wildman–Crippen LogP) is 3.89. The van der Waals surface area contributed by atoms with Crippen molar-refractivity contribution in [2.24, 2.45) is 17.6 Å². The van der Waals surface area contributed by atoms with Crippen LogP contribution in [-0.4, -0.2) is 24.0 Å². The van der Waals surface area contributed by atoms with Crippen LogP contribution in [0.1, 0.15) is 50.8 Å². The summed E-state index contributed by atoms with van der Waals surface area (Å²) < 4.78 is 13.6. The predicted molar refractivity (Wildman–Crippen MR) is 86.7 cm³/mol. The summed E-state index contributed by atoms with van der Waals surface area (Å²) in [4.78, 5) is 2.54. The average Bonchev–Trinajstić information content (AvgIpc) is 2.43. The lowest BCUT2D eigenvalue weighted by Gasteiger charge is -2.41. The zero-order valence-corrected chi connectivity index (χ0v) is 13.8. The van der Waals surface area contributed by atoms with Crippen molar-refractivity contribution in [1.82, 2.24) is 4.90 Å². The van der Waals surface area contributed by atoms with Gasteiger partial charge in [0.05, 0.1) is 0 Å². The van der Waals surface area contributed by atoms with Gasteiger partial charge in [0.25, 0.3) is 0 Å². The Balaban J connectivity index is 1.93. The summed E-state index contributed by atoms with van der Waals surface area (Å²) in [7, 11) is 0. The Morgan fingerprint density at radius 3 is 2.71 bits per heavy atom. The molecule has 0 bridgehead atoms. The van der Waals surface area contributed by atoms with Crippen LogP contribution in [0.5, 0.6) is 0 Å². The van der Waals surface area contributed by atoms with E-state index in [-0.39, 0.29) is 11.9 Å². The number of benzene rings is 1. The van der Waals surface area contributed by atoms with E-state index in [1.807, 2.05) is 12.1 Å². The van der Waals surface area contributed by atoms with Gasteiger partial charge in [-0.15, -0.1) is 0 Å². The highest BCUT2D eigenvalue weighted by molar-refractivity contribution is 5.25. The number of nitrogens with two attached hydrogens (primary N) is 1. The molecular weight excluding hydrogens is 263 g/mol. The molecule has 1 aromatic carbocycles. The highest BCUT2D eigenvalue weighted by Gasteiger charge is 2.28. The number of likely N-dealkylation sites (tertiary alicyclic amines) is 1. The van der Waals surface area contributed by atoms with Crippen molar-refractivity contribution in [2.45, 2.75) is 52.6 Å². The fraction of sp³-hybridized carbons (Fsp3) is 0.667. The maximum Gasteiger partial charge on any atom is 0.126 e. The lowest BCUT2D eigenvalue weighted by atomic mass is 9.85. The first-order chi connectivity index (χ1) is 9.88. The third kappa shape index (κ3) is 4.04. The maximum absolute atomic E-state index is 13.6. The number of aryl methyl sites for hydroxylation is 1. The molecule has 0 amide bonds. The van der Waals surface area contributed by atoms with Crippen molar-refractivity contribution < 1.29 is 4.39 Å². The van der Waals surface area contributed by atoms with Gasteiger partial charge in [0.2, 0.25) is 0 Å². The van der Waals surface area contributed by atoms with Gasteiger partial charge in [-0.25, -0.2) is 4.39 Å². The van der Waals surface area contributed by atoms with Crippen molar-refractivity contribution in [1.29, 1.82) is 0 Å². The fourth-order valence-corrected chi connectivity index (χ4v) is 3.44. The van der Waals surface area contributed by atoms with E-state index >= 15 is 0 Å². The van der Waals surface area contributed by atoms with Crippen LogP contribution in [0.3, 0.4) is 0 Å². The molecule has 3 heteroatoms. The number of halogens is 1. The van der Waals surface area contributed by atoms with Gasteiger partial charge in [-0.05, 0) is 55.7 Å². The summed E-state index contributed by atoms with van der Waals surface area (Å²) in [6.45, 7) is 10.9. The Morgan fingerprint density at radius 1 is 1.33 bits per heavy atom. The van der Waals surface area contributed by atoms with E-state index in [1.165, 1.54) is 6.42 Å². The van der Waals surface area contributed by atoms with Crippen LogP contribution in [0.4, 0.5) is 4.39 Å². The molecule has 118 valence electrons. The Morgan fingerprint density at radius 2 is 2.05 bits per heavy atom. The van der Waals surface area contributed by atoms with Crippen LogP contribution < -0.4 is 5.73 Å². The van der Waals surface area contributed by atoms with Crippen molar-refractivity contribution >= 4 is 0 Å². The number of hydrogen-bond acceptors (Lipinski definition) is 2. The summed E-state index contributed by atoms with van der Waals surface area (Å²) in [5, 5.41) is 0. The van der Waals surface area contributed by atoms with E-state index in [9.17, 15) is 4.39 Å². The molecule has 1 aliphatic heterocycles. The van der Waals surface area contributed by atoms with Crippen molar-refractivity contribution in [3.63, 3.8) is 0 Å². The molecule has 1 aliphatic rings. The highest BCUT2D eigenvalue weighted by atomic mass is 19.1. The summed E-state index contributed by atoms with van der Waals surface area (Å²) in [5.41, 5.74) is 7.84. The van der Waals surface area contributed by atoms with E-state index in [0.717, 1.165) is 36.9 Å². The van der Waals surface area contributed by atoms with Gasteiger partial charge in [0, 0.05) is 25.2 Å². The van der Waals surface area contributed by atoms with E-state index in [2.05, 4.69) is 25.7 Å². The molecule has 1 heterocycles. The Labute approximate surface area is 128 Å². The molecule has 0 aromatic heterocycles. The number of hydrogen-bond donors (Lipinski definition) is 1. The first kappa shape index (κ1) is 16.4. The van der Waals surface area contributed by atoms with E-state index in [1.54, 1.807) is 13.0 Å². The van der Waals surface area contributed by atoms with Crippen molar-refractivity contribution in [3.05, 3.63) is 35.1 Å². The molecule has 0 spiro atoms. The zero-order valence-electron chi connectivity index (χ0n) is 13.8. The third-order valence-electron chi connectivity index (χ3n) is 5.07.